The van der Waals surface area contributed by atoms with E-state index in [9.17, 15) is 13.2 Å². The van der Waals surface area contributed by atoms with Crippen molar-refractivity contribution in [2.45, 2.75) is 24.3 Å². The number of methoxy groups -OCH3 is 1. The largest absolute Gasteiger partial charge is 0.497 e. The molecule has 7 heteroatoms. The normalized spacial score (nSPS) is 17.8. The standard InChI is InChI=1S/C18H20N2O4S/c1-13-6-8-14(9-7-13)20-11-10-17(18(20)21)19-25(22,23)16-5-3-4-15(12-16)24-2/h3-9,12,17,19H,10-11H2,1-2H3/t17-/m0/s1. The third-order valence-electron chi connectivity index (χ3n) is 4.20. The minimum absolute atomic E-state index is 0.0773. The first-order valence-electron chi connectivity index (χ1n) is 7.95. The van der Waals surface area contributed by atoms with Crippen LogP contribution in [0.2, 0.25) is 0 Å². The molecule has 1 atom stereocenters. The van der Waals surface area contributed by atoms with Gasteiger partial charge in [0.15, 0.2) is 0 Å². The van der Waals surface area contributed by atoms with Crippen molar-refractivity contribution in [3.05, 3.63) is 54.1 Å². The summed E-state index contributed by atoms with van der Waals surface area (Å²) >= 11 is 0. The van der Waals surface area contributed by atoms with Gasteiger partial charge in [0, 0.05) is 18.3 Å². The molecule has 132 valence electrons. The van der Waals surface area contributed by atoms with Gasteiger partial charge in [0.2, 0.25) is 15.9 Å². The number of hydrogen-bond donors (Lipinski definition) is 1. The number of sulfonamides is 1. The number of benzene rings is 2. The fraction of sp³-hybridized carbons (Fsp3) is 0.278. The van der Waals surface area contributed by atoms with Crippen molar-refractivity contribution < 1.29 is 17.9 Å². The molecule has 2 aromatic rings. The van der Waals surface area contributed by atoms with E-state index in [1.54, 1.807) is 17.0 Å². The second-order valence-corrected chi connectivity index (χ2v) is 7.68. The van der Waals surface area contributed by atoms with Gasteiger partial charge in [0.1, 0.15) is 11.8 Å². The molecule has 2 aromatic carbocycles. The van der Waals surface area contributed by atoms with Gasteiger partial charge in [0.05, 0.1) is 12.0 Å². The number of aryl methyl sites for hydroxylation is 1. The van der Waals surface area contributed by atoms with Gasteiger partial charge >= 0.3 is 0 Å². The van der Waals surface area contributed by atoms with Crippen molar-refractivity contribution in [1.82, 2.24) is 4.72 Å². The van der Waals surface area contributed by atoms with E-state index in [2.05, 4.69) is 4.72 Å². The number of carbonyl (C=O) groups excluding carboxylic acids is 1. The zero-order valence-corrected chi connectivity index (χ0v) is 14.9. The van der Waals surface area contributed by atoms with Gasteiger partial charge in [-0.25, -0.2) is 8.42 Å². The maximum absolute atomic E-state index is 12.6. The average molecular weight is 360 g/mol. The van der Waals surface area contributed by atoms with Crippen molar-refractivity contribution in [2.24, 2.45) is 0 Å². The molecule has 1 heterocycles. The summed E-state index contributed by atoms with van der Waals surface area (Å²) in [6.45, 7) is 2.45. The molecule has 1 saturated heterocycles. The van der Waals surface area contributed by atoms with Crippen LogP contribution in [0.3, 0.4) is 0 Å². The molecule has 0 saturated carbocycles. The Morgan fingerprint density at radius 3 is 2.56 bits per heavy atom. The van der Waals surface area contributed by atoms with Crippen LogP contribution in [0, 0.1) is 6.92 Å². The number of nitrogens with one attached hydrogen (secondary N) is 1. The van der Waals surface area contributed by atoms with Crippen LogP contribution in [0.4, 0.5) is 5.69 Å². The molecular weight excluding hydrogens is 340 g/mol. The third-order valence-corrected chi connectivity index (χ3v) is 5.67. The molecule has 0 spiro atoms. The molecule has 0 aliphatic carbocycles. The number of anilines is 1. The lowest BCUT2D eigenvalue weighted by Gasteiger charge is -2.17. The molecule has 1 aliphatic rings. The number of nitrogens with zero attached hydrogens (tertiary/aromatic N) is 1. The number of carbonyl (C=O) groups is 1. The summed E-state index contributed by atoms with van der Waals surface area (Å²) in [6, 6.07) is 13.0. The SMILES string of the molecule is COc1cccc(S(=O)(=O)N[C@H]2CCN(c3ccc(C)cc3)C2=O)c1. The molecule has 1 aliphatic heterocycles. The lowest BCUT2D eigenvalue weighted by atomic mass is 10.2. The van der Waals surface area contributed by atoms with Crippen LogP contribution in [0.25, 0.3) is 0 Å². The molecular formula is C18H20N2O4S. The van der Waals surface area contributed by atoms with E-state index in [0.29, 0.717) is 18.7 Å². The number of rotatable bonds is 5. The highest BCUT2D eigenvalue weighted by Crippen LogP contribution is 2.24. The van der Waals surface area contributed by atoms with Gasteiger partial charge in [-0.2, -0.15) is 4.72 Å². The van der Waals surface area contributed by atoms with Crippen molar-refractivity contribution in [1.29, 1.82) is 0 Å². The van der Waals surface area contributed by atoms with Gasteiger partial charge in [0.25, 0.3) is 0 Å². The van der Waals surface area contributed by atoms with Crippen LogP contribution >= 0.6 is 0 Å². The van der Waals surface area contributed by atoms with Crippen LogP contribution in [0.1, 0.15) is 12.0 Å². The van der Waals surface area contributed by atoms with E-state index >= 15 is 0 Å². The van der Waals surface area contributed by atoms with Crippen LogP contribution in [0.5, 0.6) is 5.75 Å². The second-order valence-electron chi connectivity index (χ2n) is 5.97. The molecule has 1 N–H and O–H groups in total. The Morgan fingerprint density at radius 2 is 1.88 bits per heavy atom. The number of hydrogen-bond acceptors (Lipinski definition) is 4. The number of amides is 1. The minimum Gasteiger partial charge on any atom is -0.497 e. The number of ether oxygens (including phenoxy) is 1. The van der Waals surface area contributed by atoms with E-state index in [-0.39, 0.29) is 10.8 Å². The molecule has 0 aromatic heterocycles. The summed E-state index contributed by atoms with van der Waals surface area (Å²) in [5.41, 5.74) is 1.88. The molecule has 1 fully saturated rings. The molecule has 25 heavy (non-hydrogen) atoms. The van der Waals surface area contributed by atoms with Crippen molar-refractivity contribution in [2.75, 3.05) is 18.6 Å². The quantitative estimate of drug-likeness (QED) is 0.886. The Balaban J connectivity index is 1.77. The Hall–Kier alpha value is -2.38. The smallest absolute Gasteiger partial charge is 0.245 e. The topological polar surface area (TPSA) is 75.7 Å². The van der Waals surface area contributed by atoms with E-state index in [0.717, 1.165) is 11.3 Å². The van der Waals surface area contributed by atoms with Crippen LogP contribution in [-0.2, 0) is 14.8 Å². The van der Waals surface area contributed by atoms with Crippen LogP contribution < -0.4 is 14.4 Å². The highest BCUT2D eigenvalue weighted by molar-refractivity contribution is 7.89. The third kappa shape index (κ3) is 3.67. The van der Waals surface area contributed by atoms with Gasteiger partial charge in [-0.3, -0.25) is 4.79 Å². The minimum atomic E-state index is -3.80. The lowest BCUT2D eigenvalue weighted by molar-refractivity contribution is -0.118. The summed E-state index contributed by atoms with van der Waals surface area (Å²) < 4.78 is 32.7. The van der Waals surface area contributed by atoms with Crippen LogP contribution in [0.15, 0.2) is 53.4 Å². The Morgan fingerprint density at radius 1 is 1.16 bits per heavy atom. The fourth-order valence-corrected chi connectivity index (χ4v) is 4.05. The van der Waals surface area contributed by atoms with Gasteiger partial charge in [-0.15, -0.1) is 0 Å². The predicted molar refractivity (Wildman–Crippen MR) is 95.3 cm³/mol. The molecule has 3 rings (SSSR count). The van der Waals surface area contributed by atoms with Crippen LogP contribution in [-0.4, -0.2) is 34.0 Å². The summed E-state index contributed by atoms with van der Waals surface area (Å²) in [7, 11) is -2.33. The van der Waals surface area contributed by atoms with E-state index < -0.39 is 16.1 Å². The average Bonchev–Trinajstić information content (AvgIpc) is 2.96. The van der Waals surface area contributed by atoms with Gasteiger partial charge in [-0.1, -0.05) is 23.8 Å². The van der Waals surface area contributed by atoms with Crippen molar-refractivity contribution >= 4 is 21.6 Å². The summed E-state index contributed by atoms with van der Waals surface area (Å²) in [5, 5.41) is 0. The first kappa shape index (κ1) is 17.4. The van der Waals surface area contributed by atoms with Crippen molar-refractivity contribution in [3.8, 4) is 5.75 Å². The molecule has 0 unspecified atom stereocenters. The lowest BCUT2D eigenvalue weighted by Crippen LogP contribution is -2.41. The Bertz CT molecular complexity index is 878. The van der Waals surface area contributed by atoms with E-state index in [1.165, 1.54) is 19.2 Å². The summed E-state index contributed by atoms with van der Waals surface area (Å²) in [4.78, 5) is 14.3. The maximum atomic E-state index is 12.6. The fourth-order valence-electron chi connectivity index (χ4n) is 2.79. The summed E-state index contributed by atoms with van der Waals surface area (Å²) in [5.74, 6) is 0.206. The van der Waals surface area contributed by atoms with E-state index in [4.69, 9.17) is 4.74 Å². The van der Waals surface area contributed by atoms with Crippen molar-refractivity contribution in [3.63, 3.8) is 0 Å². The first-order valence-corrected chi connectivity index (χ1v) is 9.43. The highest BCUT2D eigenvalue weighted by Gasteiger charge is 2.35. The van der Waals surface area contributed by atoms with Gasteiger partial charge in [-0.05, 0) is 37.6 Å². The highest BCUT2D eigenvalue weighted by atomic mass is 32.2. The Labute approximate surface area is 147 Å². The molecule has 1 amide bonds. The van der Waals surface area contributed by atoms with Gasteiger partial charge < -0.3 is 9.64 Å². The maximum Gasteiger partial charge on any atom is 0.245 e. The zero-order valence-electron chi connectivity index (χ0n) is 14.1. The first-order chi connectivity index (χ1) is 11.9. The predicted octanol–water partition coefficient (Wildman–Crippen LogP) is 2.09. The zero-order chi connectivity index (χ0) is 18.0. The van der Waals surface area contributed by atoms with E-state index in [1.807, 2.05) is 31.2 Å². The summed E-state index contributed by atoms with van der Waals surface area (Å²) in [6.07, 6.45) is 0.426. The monoisotopic (exact) mass is 360 g/mol. The molecule has 0 bridgehead atoms. The second kappa shape index (κ2) is 6.85. The molecule has 0 radical (unpaired) electrons. The molecule has 6 nitrogen and oxygen atoms in total. The Kier molecular flexibility index (Phi) is 4.78.